The van der Waals surface area contributed by atoms with Gasteiger partial charge in [-0.05, 0) is 125 Å². The highest BCUT2D eigenvalue weighted by atomic mass is 15.1. The zero-order valence-electron chi connectivity index (χ0n) is 37.0. The molecular weight excluding hydrogens is 795 g/mol. The van der Waals surface area contributed by atoms with Crippen LogP contribution in [0.3, 0.4) is 0 Å². The second kappa shape index (κ2) is 13.5. The number of fused-ring (bicyclic) bond motifs is 16. The maximum atomic E-state index is 2.58. The molecule has 1 spiro atoms. The maximum Gasteiger partial charge on any atom is 0.0726 e. The number of benzene rings is 10. The molecule has 0 aromatic heterocycles. The standard InChI is InChI=1S/C65H45N/c1-63(2)53-29-14-13-28-51(53)62-59(63)34-19-35-61(62)66(44-37-39-58-52(40-44)49-27-12-15-30-54(49)64(58,42-20-5-3-6-21-42)43-22-7-4-8-23-43)45-36-38-50-48-26-11-18-33-57(48)65(60(50)41-45)55-31-16-9-24-46(55)47-25-10-17-32-56(47)65/h3-41H,1-2H3. The first kappa shape index (κ1) is 37.4. The van der Waals surface area contributed by atoms with E-state index in [4.69, 9.17) is 0 Å². The Morgan fingerprint density at radius 2 is 0.682 bits per heavy atom. The Morgan fingerprint density at radius 3 is 1.26 bits per heavy atom. The first-order valence-electron chi connectivity index (χ1n) is 23.3. The molecular formula is C65H45N. The number of rotatable bonds is 5. The molecule has 310 valence electrons. The molecule has 0 N–H and O–H groups in total. The monoisotopic (exact) mass is 839 g/mol. The molecule has 1 nitrogen and oxygen atoms in total. The zero-order chi connectivity index (χ0) is 43.8. The third kappa shape index (κ3) is 4.64. The van der Waals surface area contributed by atoms with Gasteiger partial charge in [0.25, 0.3) is 0 Å². The van der Waals surface area contributed by atoms with E-state index in [9.17, 15) is 0 Å². The molecule has 4 aliphatic carbocycles. The van der Waals surface area contributed by atoms with Crippen LogP contribution in [0.15, 0.2) is 237 Å². The number of hydrogen-bond donors (Lipinski definition) is 0. The van der Waals surface area contributed by atoms with Crippen molar-refractivity contribution in [2.45, 2.75) is 30.1 Å². The van der Waals surface area contributed by atoms with Gasteiger partial charge in [0.05, 0.1) is 16.5 Å². The first-order chi connectivity index (χ1) is 32.5. The fourth-order valence-corrected chi connectivity index (χ4v) is 13.1. The molecule has 1 heteroatoms. The molecule has 0 unspecified atom stereocenters. The van der Waals surface area contributed by atoms with E-state index < -0.39 is 10.8 Å². The van der Waals surface area contributed by atoms with Crippen molar-refractivity contribution in [2.75, 3.05) is 4.90 Å². The van der Waals surface area contributed by atoms with Crippen molar-refractivity contribution in [1.29, 1.82) is 0 Å². The van der Waals surface area contributed by atoms with Crippen molar-refractivity contribution < 1.29 is 0 Å². The summed E-state index contributed by atoms with van der Waals surface area (Å²) in [5.41, 5.74) is 26.0. The highest BCUT2D eigenvalue weighted by molar-refractivity contribution is 6.00. The van der Waals surface area contributed by atoms with Crippen LogP contribution in [0, 0.1) is 0 Å². The van der Waals surface area contributed by atoms with Crippen molar-refractivity contribution in [2.24, 2.45) is 0 Å². The number of nitrogens with zero attached hydrogens (tertiary/aromatic N) is 1. The Labute approximate surface area is 387 Å². The van der Waals surface area contributed by atoms with E-state index >= 15 is 0 Å². The van der Waals surface area contributed by atoms with Crippen molar-refractivity contribution >= 4 is 17.1 Å². The molecule has 0 aliphatic heterocycles. The summed E-state index contributed by atoms with van der Waals surface area (Å²) in [6, 6.07) is 89.4. The van der Waals surface area contributed by atoms with E-state index in [1.54, 1.807) is 0 Å². The molecule has 14 rings (SSSR count). The number of hydrogen-bond acceptors (Lipinski definition) is 1. The molecule has 10 aromatic rings. The topological polar surface area (TPSA) is 3.24 Å². The van der Waals surface area contributed by atoms with Gasteiger partial charge in [-0.2, -0.15) is 0 Å². The van der Waals surface area contributed by atoms with E-state index in [0.29, 0.717) is 0 Å². The largest absolute Gasteiger partial charge is 0.310 e. The number of anilines is 3. The quantitative estimate of drug-likeness (QED) is 0.167. The maximum absolute atomic E-state index is 2.58. The molecule has 0 fully saturated rings. The van der Waals surface area contributed by atoms with Crippen LogP contribution in [0.25, 0.3) is 44.5 Å². The first-order valence-corrected chi connectivity index (χ1v) is 23.3. The molecule has 66 heavy (non-hydrogen) atoms. The minimum Gasteiger partial charge on any atom is -0.310 e. The highest BCUT2D eigenvalue weighted by Gasteiger charge is 2.52. The van der Waals surface area contributed by atoms with Gasteiger partial charge in [0.2, 0.25) is 0 Å². The highest BCUT2D eigenvalue weighted by Crippen LogP contribution is 2.64. The van der Waals surface area contributed by atoms with Gasteiger partial charge >= 0.3 is 0 Å². The Morgan fingerprint density at radius 1 is 0.273 bits per heavy atom. The molecule has 0 radical (unpaired) electrons. The van der Waals surface area contributed by atoms with Crippen LogP contribution in [0.1, 0.15) is 69.5 Å². The van der Waals surface area contributed by atoms with E-state index in [0.717, 1.165) is 11.4 Å². The van der Waals surface area contributed by atoms with Crippen LogP contribution >= 0.6 is 0 Å². The third-order valence-electron chi connectivity index (χ3n) is 15.8. The third-order valence-corrected chi connectivity index (χ3v) is 15.8. The Kier molecular flexibility index (Phi) is 7.66. The van der Waals surface area contributed by atoms with E-state index in [1.165, 1.54) is 106 Å². The molecule has 0 amide bonds. The van der Waals surface area contributed by atoms with Crippen molar-refractivity contribution in [3.8, 4) is 44.5 Å². The van der Waals surface area contributed by atoms with Gasteiger partial charge in [0.15, 0.2) is 0 Å². The van der Waals surface area contributed by atoms with E-state index in [1.807, 2.05) is 0 Å². The lowest BCUT2D eigenvalue weighted by Gasteiger charge is -2.34. The van der Waals surface area contributed by atoms with E-state index in [-0.39, 0.29) is 5.41 Å². The van der Waals surface area contributed by atoms with Crippen LogP contribution in [0.5, 0.6) is 0 Å². The minimum atomic E-state index is -0.482. The van der Waals surface area contributed by atoms with Crippen molar-refractivity contribution in [3.63, 3.8) is 0 Å². The average Bonchev–Trinajstić information content (AvgIpc) is 4.04. The summed E-state index contributed by atoms with van der Waals surface area (Å²) in [6.45, 7) is 4.77. The fourth-order valence-electron chi connectivity index (χ4n) is 13.1. The Hall–Kier alpha value is -8.00. The molecule has 0 saturated carbocycles. The fraction of sp³-hybridized carbons (Fsp3) is 0.0769. The summed E-state index contributed by atoms with van der Waals surface area (Å²) in [6.07, 6.45) is 0. The van der Waals surface area contributed by atoms with Crippen molar-refractivity contribution in [1.82, 2.24) is 0 Å². The van der Waals surface area contributed by atoms with Gasteiger partial charge in [-0.15, -0.1) is 0 Å². The van der Waals surface area contributed by atoms with Crippen LogP contribution in [0.4, 0.5) is 17.1 Å². The molecule has 0 bridgehead atoms. The van der Waals surface area contributed by atoms with Crippen LogP contribution in [0.2, 0.25) is 0 Å². The SMILES string of the molecule is CC1(C)c2ccccc2-c2c(N(c3ccc4c(c3)-c3ccccc3C4(c3ccccc3)c3ccccc3)c3ccc4c(c3)C3(c5ccccc5-c5ccccc53)c3ccccc3-4)cccc21. The molecule has 10 aromatic carbocycles. The zero-order valence-corrected chi connectivity index (χ0v) is 37.0. The van der Waals surface area contributed by atoms with Gasteiger partial charge < -0.3 is 4.90 Å². The molecule has 0 atom stereocenters. The summed E-state index contributed by atoms with van der Waals surface area (Å²) in [4.78, 5) is 2.58. The van der Waals surface area contributed by atoms with Crippen LogP contribution in [-0.2, 0) is 16.2 Å². The molecule has 0 heterocycles. The summed E-state index contributed by atoms with van der Waals surface area (Å²) in [5.74, 6) is 0. The van der Waals surface area contributed by atoms with Gasteiger partial charge in [-0.25, -0.2) is 0 Å². The summed E-state index contributed by atoms with van der Waals surface area (Å²) < 4.78 is 0. The smallest absolute Gasteiger partial charge is 0.0726 e. The predicted octanol–water partition coefficient (Wildman–Crippen LogP) is 16.2. The second-order valence-corrected chi connectivity index (χ2v) is 19.1. The Bertz CT molecular complexity index is 3530. The van der Waals surface area contributed by atoms with Crippen molar-refractivity contribution in [3.05, 3.63) is 292 Å². The second-order valence-electron chi connectivity index (χ2n) is 19.1. The average molecular weight is 840 g/mol. The van der Waals surface area contributed by atoms with Crippen LogP contribution in [-0.4, -0.2) is 0 Å². The summed E-state index contributed by atoms with van der Waals surface area (Å²) in [7, 11) is 0. The van der Waals surface area contributed by atoms with E-state index in [2.05, 4.69) is 255 Å². The predicted molar refractivity (Wildman–Crippen MR) is 272 cm³/mol. The van der Waals surface area contributed by atoms with Gasteiger partial charge in [0.1, 0.15) is 0 Å². The minimum absolute atomic E-state index is 0.156. The van der Waals surface area contributed by atoms with Gasteiger partial charge in [-0.3, -0.25) is 0 Å². The molecule has 0 saturated heterocycles. The lowest BCUT2D eigenvalue weighted by atomic mass is 9.68. The lowest BCUT2D eigenvalue weighted by molar-refractivity contribution is 0.660. The molecule has 4 aliphatic rings. The van der Waals surface area contributed by atoms with Crippen LogP contribution < -0.4 is 4.90 Å². The van der Waals surface area contributed by atoms with Gasteiger partial charge in [-0.1, -0.05) is 220 Å². The summed E-state index contributed by atoms with van der Waals surface area (Å²) in [5, 5.41) is 0. The lowest BCUT2D eigenvalue weighted by Crippen LogP contribution is -2.28. The summed E-state index contributed by atoms with van der Waals surface area (Å²) >= 11 is 0. The van der Waals surface area contributed by atoms with Gasteiger partial charge in [0, 0.05) is 22.4 Å². The Balaban J connectivity index is 1.07. The normalized spacial score (nSPS) is 15.2.